The highest BCUT2D eigenvalue weighted by Gasteiger charge is 2.34. The fourth-order valence-electron chi connectivity index (χ4n) is 3.38. The molecule has 0 spiro atoms. The van der Waals surface area contributed by atoms with Gasteiger partial charge in [0.05, 0.1) is 5.92 Å². The average Bonchev–Trinajstić information content (AvgIpc) is 3.44. The van der Waals surface area contributed by atoms with E-state index in [9.17, 15) is 13.2 Å². The van der Waals surface area contributed by atoms with E-state index in [1.54, 1.807) is 13.2 Å². The van der Waals surface area contributed by atoms with Gasteiger partial charge in [-0.05, 0) is 54.4 Å². The Kier molecular flexibility index (Phi) is 6.73. The van der Waals surface area contributed by atoms with Gasteiger partial charge in [-0.1, -0.05) is 11.8 Å². The van der Waals surface area contributed by atoms with Gasteiger partial charge in [-0.25, -0.2) is 4.98 Å². The molecule has 3 heterocycles. The third kappa shape index (κ3) is 5.57. The average molecular weight is 477 g/mol. The quantitative estimate of drug-likeness (QED) is 0.560. The fourth-order valence-corrected chi connectivity index (χ4v) is 4.01. The number of methoxy groups -OCH3 is 1. The van der Waals surface area contributed by atoms with Crippen molar-refractivity contribution in [3.05, 3.63) is 47.8 Å². The molecule has 1 aromatic carbocycles. The van der Waals surface area contributed by atoms with Gasteiger partial charge in [0.2, 0.25) is 0 Å². The van der Waals surface area contributed by atoms with Gasteiger partial charge < -0.3 is 19.5 Å². The molecule has 8 nitrogen and oxygen atoms in total. The molecule has 3 aromatic rings. The van der Waals surface area contributed by atoms with Crippen molar-refractivity contribution in [2.45, 2.75) is 25.6 Å². The first kappa shape index (κ1) is 22.9. The summed E-state index contributed by atoms with van der Waals surface area (Å²) in [6.45, 7) is 0.414. The Labute approximate surface area is 191 Å². The number of aromatic nitrogens is 4. The molecule has 1 N–H and O–H groups in total. The summed E-state index contributed by atoms with van der Waals surface area (Å²) >= 11 is 1.13. The summed E-state index contributed by atoms with van der Waals surface area (Å²) in [5, 5.41) is 18.2. The maximum atomic E-state index is 12.3. The normalized spacial score (nSPS) is 18.2. The SMILES string of the molecule is COC1C(C#Cc2ccc(OC(F)(F)F)cc2)CCN1c1ccc(-c2nc(CO)ns2)nn1. The number of aliphatic hydroxyl groups is 1. The summed E-state index contributed by atoms with van der Waals surface area (Å²) in [5.41, 5.74) is 1.12. The minimum absolute atomic E-state index is 0.127. The third-order valence-electron chi connectivity index (χ3n) is 4.84. The van der Waals surface area contributed by atoms with Crippen molar-refractivity contribution in [1.82, 2.24) is 19.6 Å². The molecule has 2 aromatic heterocycles. The van der Waals surface area contributed by atoms with E-state index in [0.29, 0.717) is 34.5 Å². The molecule has 4 rings (SSSR count). The van der Waals surface area contributed by atoms with Crippen LogP contribution in [0.2, 0.25) is 0 Å². The van der Waals surface area contributed by atoms with E-state index in [4.69, 9.17) is 9.84 Å². The molecule has 1 fully saturated rings. The number of rotatable bonds is 5. The van der Waals surface area contributed by atoms with Crippen molar-refractivity contribution in [2.75, 3.05) is 18.6 Å². The number of halogens is 3. The molecule has 1 saturated heterocycles. The number of ether oxygens (including phenoxy) is 2. The second-order valence-electron chi connectivity index (χ2n) is 7.01. The van der Waals surface area contributed by atoms with Gasteiger partial charge in [-0.3, -0.25) is 0 Å². The number of benzene rings is 1. The van der Waals surface area contributed by atoms with E-state index in [1.807, 2.05) is 11.0 Å². The smallest absolute Gasteiger partial charge is 0.406 e. The van der Waals surface area contributed by atoms with Crippen molar-refractivity contribution in [3.8, 4) is 28.3 Å². The summed E-state index contributed by atoms with van der Waals surface area (Å²) in [4.78, 5) is 6.13. The molecule has 12 heteroatoms. The van der Waals surface area contributed by atoms with Gasteiger partial charge in [0.25, 0.3) is 0 Å². The number of hydrogen-bond donors (Lipinski definition) is 1. The number of alkyl halides is 3. The van der Waals surface area contributed by atoms with E-state index >= 15 is 0 Å². The van der Waals surface area contributed by atoms with Crippen LogP contribution in [-0.2, 0) is 11.3 Å². The van der Waals surface area contributed by atoms with Crippen molar-refractivity contribution < 1.29 is 27.8 Å². The molecule has 0 saturated carbocycles. The Bertz CT molecular complexity index is 1140. The van der Waals surface area contributed by atoms with Crippen LogP contribution in [-0.4, -0.2) is 50.9 Å². The zero-order valence-corrected chi connectivity index (χ0v) is 18.1. The van der Waals surface area contributed by atoms with Crippen LogP contribution in [0.5, 0.6) is 5.75 Å². The maximum absolute atomic E-state index is 12.3. The molecule has 0 amide bonds. The van der Waals surface area contributed by atoms with Crippen molar-refractivity contribution >= 4 is 17.4 Å². The molecule has 1 aliphatic rings. The highest BCUT2D eigenvalue weighted by Crippen LogP contribution is 2.30. The van der Waals surface area contributed by atoms with Crippen LogP contribution < -0.4 is 9.64 Å². The molecular weight excluding hydrogens is 459 g/mol. The Morgan fingerprint density at radius 1 is 1.18 bits per heavy atom. The van der Waals surface area contributed by atoms with Gasteiger partial charge in [-0.15, -0.1) is 23.4 Å². The Hall–Kier alpha value is -3.27. The Morgan fingerprint density at radius 3 is 2.58 bits per heavy atom. The lowest BCUT2D eigenvalue weighted by Gasteiger charge is -2.25. The highest BCUT2D eigenvalue weighted by atomic mass is 32.1. The first-order chi connectivity index (χ1) is 15.9. The topological polar surface area (TPSA) is 93.5 Å². The first-order valence-electron chi connectivity index (χ1n) is 9.80. The molecule has 33 heavy (non-hydrogen) atoms. The monoisotopic (exact) mass is 477 g/mol. The molecule has 2 atom stereocenters. The molecule has 2 unspecified atom stereocenters. The van der Waals surface area contributed by atoms with Gasteiger partial charge in [0.1, 0.15) is 24.3 Å². The summed E-state index contributed by atoms with van der Waals surface area (Å²) in [5.74, 6) is 6.67. The molecular formula is C21H18F3N5O3S. The standard InChI is InChI=1S/C21H18F3N5O3S/c1-31-20-14(5-2-13-3-6-15(7-4-13)32-21(22,23)24)10-11-29(20)18-9-8-16(26-27-18)19-25-17(12-30)28-33-19/h3-4,6-9,14,20,30H,10-12H2,1H3. The second kappa shape index (κ2) is 9.70. The van der Waals surface area contributed by atoms with E-state index in [1.165, 1.54) is 24.3 Å². The van der Waals surface area contributed by atoms with Crippen LogP contribution in [0.3, 0.4) is 0 Å². The van der Waals surface area contributed by atoms with Crippen molar-refractivity contribution in [2.24, 2.45) is 5.92 Å². The van der Waals surface area contributed by atoms with Crippen LogP contribution in [0.4, 0.5) is 19.0 Å². The molecule has 1 aliphatic heterocycles. The summed E-state index contributed by atoms with van der Waals surface area (Å²) < 4.78 is 50.4. The maximum Gasteiger partial charge on any atom is 0.573 e. The summed E-state index contributed by atoms with van der Waals surface area (Å²) in [7, 11) is 1.58. The van der Waals surface area contributed by atoms with Gasteiger partial charge in [-0.2, -0.15) is 4.37 Å². The number of aliphatic hydroxyl groups excluding tert-OH is 1. The van der Waals surface area contributed by atoms with Crippen molar-refractivity contribution in [1.29, 1.82) is 0 Å². The van der Waals surface area contributed by atoms with Gasteiger partial charge in [0, 0.05) is 19.2 Å². The predicted octanol–water partition coefficient (Wildman–Crippen LogP) is 3.24. The van der Waals surface area contributed by atoms with E-state index < -0.39 is 6.36 Å². The molecule has 0 bridgehead atoms. The number of anilines is 1. The van der Waals surface area contributed by atoms with Crippen LogP contribution in [0.15, 0.2) is 36.4 Å². The summed E-state index contributed by atoms with van der Waals surface area (Å²) in [6.07, 6.45) is -4.36. The largest absolute Gasteiger partial charge is 0.573 e. The van der Waals surface area contributed by atoms with E-state index in [2.05, 4.69) is 36.1 Å². The zero-order chi connectivity index (χ0) is 23.4. The summed E-state index contributed by atoms with van der Waals surface area (Å²) in [6, 6.07) is 8.99. The highest BCUT2D eigenvalue weighted by molar-refractivity contribution is 7.09. The lowest BCUT2D eigenvalue weighted by atomic mass is 10.1. The number of hydrogen-bond acceptors (Lipinski definition) is 9. The first-order valence-corrected chi connectivity index (χ1v) is 10.6. The Morgan fingerprint density at radius 2 is 1.97 bits per heavy atom. The lowest BCUT2D eigenvalue weighted by molar-refractivity contribution is -0.274. The zero-order valence-electron chi connectivity index (χ0n) is 17.3. The number of nitrogens with zero attached hydrogens (tertiary/aromatic N) is 5. The Balaban J connectivity index is 1.44. The minimum Gasteiger partial charge on any atom is -0.406 e. The molecule has 172 valence electrons. The van der Waals surface area contributed by atoms with Crippen molar-refractivity contribution in [3.63, 3.8) is 0 Å². The second-order valence-corrected chi connectivity index (χ2v) is 7.76. The fraction of sp³-hybridized carbons (Fsp3) is 0.333. The van der Waals surface area contributed by atoms with Gasteiger partial charge >= 0.3 is 6.36 Å². The van der Waals surface area contributed by atoms with Crippen LogP contribution in [0.1, 0.15) is 17.8 Å². The lowest BCUT2D eigenvalue weighted by Crippen LogP contribution is -2.34. The third-order valence-corrected chi connectivity index (χ3v) is 5.61. The van der Waals surface area contributed by atoms with Crippen LogP contribution in [0.25, 0.3) is 10.7 Å². The van der Waals surface area contributed by atoms with E-state index in [0.717, 1.165) is 18.0 Å². The predicted molar refractivity (Wildman–Crippen MR) is 113 cm³/mol. The molecule has 0 aliphatic carbocycles. The molecule has 0 radical (unpaired) electrons. The van der Waals surface area contributed by atoms with Gasteiger partial charge in [0.15, 0.2) is 16.6 Å². The van der Waals surface area contributed by atoms with E-state index in [-0.39, 0.29) is 24.5 Å². The minimum atomic E-state index is -4.73. The van der Waals surface area contributed by atoms with Crippen LogP contribution in [0, 0.1) is 17.8 Å². The van der Waals surface area contributed by atoms with Crippen LogP contribution >= 0.6 is 11.5 Å².